The quantitative estimate of drug-likeness (QED) is 0.443. The molecule has 0 aromatic heterocycles. The number of hydrogen-bond donors (Lipinski definition) is 0. The van der Waals surface area contributed by atoms with Gasteiger partial charge in [-0.05, 0) is 48.9 Å². The van der Waals surface area contributed by atoms with Crippen molar-refractivity contribution in [3.05, 3.63) is 34.4 Å². The van der Waals surface area contributed by atoms with Gasteiger partial charge in [0.25, 0.3) is 0 Å². The molecule has 0 nitrogen and oxygen atoms in total. The highest BCUT2D eigenvalue weighted by molar-refractivity contribution is 6.22. The van der Waals surface area contributed by atoms with Gasteiger partial charge in [0.15, 0.2) is 0 Å². The van der Waals surface area contributed by atoms with Crippen molar-refractivity contribution in [2.45, 2.75) is 77.0 Å². The van der Waals surface area contributed by atoms with E-state index >= 15 is 0 Å². The summed E-state index contributed by atoms with van der Waals surface area (Å²) >= 11 is 13.3. The van der Waals surface area contributed by atoms with E-state index in [1.807, 2.05) is 0 Å². The summed E-state index contributed by atoms with van der Waals surface area (Å²) < 4.78 is 0. The van der Waals surface area contributed by atoms with Gasteiger partial charge in [-0.25, -0.2) is 0 Å². The first kappa shape index (κ1) is 17.9. The molecule has 0 heterocycles. The molecule has 0 saturated heterocycles. The zero-order chi connectivity index (χ0) is 15.1. The topological polar surface area (TPSA) is 0 Å². The third-order valence-corrected chi connectivity index (χ3v) is 4.98. The lowest BCUT2D eigenvalue weighted by Gasteiger charge is -2.22. The molecule has 114 valence electrons. The van der Waals surface area contributed by atoms with Crippen molar-refractivity contribution in [1.82, 2.24) is 0 Å². The van der Waals surface area contributed by atoms with Gasteiger partial charge in [0, 0.05) is 0 Å². The third-order valence-electron chi connectivity index (χ3n) is 4.09. The van der Waals surface area contributed by atoms with Gasteiger partial charge < -0.3 is 0 Å². The Morgan fingerprint density at radius 1 is 0.900 bits per heavy atom. The van der Waals surface area contributed by atoms with Gasteiger partial charge in [-0.3, -0.25) is 0 Å². The van der Waals surface area contributed by atoms with Crippen LogP contribution < -0.4 is 0 Å². The van der Waals surface area contributed by atoms with Crippen molar-refractivity contribution < 1.29 is 0 Å². The molecule has 0 bridgehead atoms. The number of alkyl halides is 2. The lowest BCUT2D eigenvalue weighted by molar-refractivity contribution is 0.671. The summed E-state index contributed by atoms with van der Waals surface area (Å²) in [6.45, 7) is 8.75. The first-order valence-electron chi connectivity index (χ1n) is 7.91. The van der Waals surface area contributed by atoms with Gasteiger partial charge in [-0.15, -0.1) is 23.2 Å². The van der Waals surface area contributed by atoms with E-state index in [-0.39, 0.29) is 10.8 Å². The highest BCUT2D eigenvalue weighted by Gasteiger charge is 2.20. The molecular weight excluding hydrogens is 287 g/mol. The van der Waals surface area contributed by atoms with E-state index in [0.717, 1.165) is 12.8 Å². The molecule has 0 amide bonds. The van der Waals surface area contributed by atoms with Crippen LogP contribution in [0.15, 0.2) is 12.1 Å². The number of halogens is 2. The Labute approximate surface area is 134 Å². The van der Waals surface area contributed by atoms with Crippen LogP contribution in [0.5, 0.6) is 0 Å². The van der Waals surface area contributed by atoms with Crippen LogP contribution in [-0.2, 0) is 0 Å². The zero-order valence-corrected chi connectivity index (χ0v) is 14.8. The second-order valence-electron chi connectivity index (χ2n) is 5.73. The monoisotopic (exact) mass is 314 g/mol. The third kappa shape index (κ3) is 4.67. The van der Waals surface area contributed by atoms with Crippen LogP contribution in [0, 0.1) is 13.8 Å². The van der Waals surface area contributed by atoms with Crippen LogP contribution in [-0.4, -0.2) is 0 Å². The van der Waals surface area contributed by atoms with Gasteiger partial charge in [-0.2, -0.15) is 0 Å². The number of hydrogen-bond acceptors (Lipinski definition) is 0. The van der Waals surface area contributed by atoms with Crippen LogP contribution in [0.25, 0.3) is 0 Å². The fraction of sp³-hybridized carbons (Fsp3) is 0.667. The molecule has 0 radical (unpaired) electrons. The fourth-order valence-corrected chi connectivity index (χ4v) is 3.40. The maximum absolute atomic E-state index is 6.69. The molecular formula is C18H28Cl2. The molecule has 0 aliphatic carbocycles. The molecule has 2 atom stereocenters. The van der Waals surface area contributed by atoms with Crippen LogP contribution >= 0.6 is 23.2 Å². The summed E-state index contributed by atoms with van der Waals surface area (Å²) in [7, 11) is 0. The zero-order valence-electron chi connectivity index (χ0n) is 13.3. The van der Waals surface area contributed by atoms with Gasteiger partial charge in [0.2, 0.25) is 0 Å². The fourth-order valence-electron chi connectivity index (χ4n) is 2.61. The summed E-state index contributed by atoms with van der Waals surface area (Å²) in [5.41, 5.74) is 5.17. The average molecular weight is 315 g/mol. The van der Waals surface area contributed by atoms with E-state index in [2.05, 4.69) is 39.8 Å². The van der Waals surface area contributed by atoms with E-state index in [1.54, 1.807) is 0 Å². The lowest BCUT2D eigenvalue weighted by atomic mass is 9.90. The molecule has 2 unspecified atom stereocenters. The van der Waals surface area contributed by atoms with Gasteiger partial charge >= 0.3 is 0 Å². The second kappa shape index (κ2) is 8.95. The van der Waals surface area contributed by atoms with Crippen molar-refractivity contribution >= 4 is 23.2 Å². The van der Waals surface area contributed by atoms with Crippen LogP contribution in [0.3, 0.4) is 0 Å². The highest BCUT2D eigenvalue weighted by atomic mass is 35.5. The number of unbranched alkanes of at least 4 members (excludes halogenated alkanes) is 2. The Kier molecular flexibility index (Phi) is 7.99. The summed E-state index contributed by atoms with van der Waals surface area (Å²) in [6, 6.07) is 4.37. The smallest absolute Gasteiger partial charge is 0.0591 e. The number of benzene rings is 1. The maximum atomic E-state index is 6.69. The lowest BCUT2D eigenvalue weighted by Crippen LogP contribution is -2.05. The van der Waals surface area contributed by atoms with Gasteiger partial charge in [-0.1, -0.05) is 51.7 Å². The molecule has 2 heteroatoms. The average Bonchev–Trinajstić information content (AvgIpc) is 2.44. The Morgan fingerprint density at radius 2 is 1.45 bits per heavy atom. The molecule has 1 rings (SSSR count). The summed E-state index contributed by atoms with van der Waals surface area (Å²) in [6.07, 6.45) is 6.77. The molecule has 0 spiro atoms. The van der Waals surface area contributed by atoms with Crippen LogP contribution in [0.1, 0.15) is 85.4 Å². The van der Waals surface area contributed by atoms with E-state index in [9.17, 15) is 0 Å². The van der Waals surface area contributed by atoms with Crippen LogP contribution in [0.2, 0.25) is 0 Å². The summed E-state index contributed by atoms with van der Waals surface area (Å²) in [5, 5.41) is 0.180. The Balaban J connectivity index is 3.06. The first-order valence-corrected chi connectivity index (χ1v) is 8.78. The minimum atomic E-state index is 0.0899. The highest BCUT2D eigenvalue weighted by Crippen LogP contribution is 2.39. The van der Waals surface area contributed by atoms with Crippen molar-refractivity contribution in [2.24, 2.45) is 0 Å². The first-order chi connectivity index (χ1) is 9.52. The summed E-state index contributed by atoms with van der Waals surface area (Å²) in [4.78, 5) is 0. The Hall–Kier alpha value is -0.200. The van der Waals surface area contributed by atoms with E-state index in [0.29, 0.717) is 0 Å². The summed E-state index contributed by atoms with van der Waals surface area (Å²) in [5.74, 6) is 0. The standard InChI is InChI=1S/C18H28Cl2/c1-5-7-9-16(19)15-12-11-13(3)14(4)18(15)17(20)10-8-6-2/h11-12,16-17H,5-10H2,1-4H3. The van der Waals surface area contributed by atoms with Crippen molar-refractivity contribution in [3.8, 4) is 0 Å². The van der Waals surface area contributed by atoms with E-state index < -0.39 is 0 Å². The Bertz CT molecular complexity index is 412. The van der Waals surface area contributed by atoms with Gasteiger partial charge in [0.05, 0.1) is 10.8 Å². The maximum Gasteiger partial charge on any atom is 0.0591 e. The van der Waals surface area contributed by atoms with Crippen LogP contribution in [0.4, 0.5) is 0 Å². The largest absolute Gasteiger partial charge is 0.118 e. The molecule has 0 saturated carbocycles. The molecule has 0 aliphatic heterocycles. The predicted molar refractivity (Wildman–Crippen MR) is 92.2 cm³/mol. The molecule has 0 N–H and O–H groups in total. The molecule has 0 aliphatic rings. The molecule has 0 fully saturated rings. The second-order valence-corrected chi connectivity index (χ2v) is 6.78. The molecule has 1 aromatic rings. The van der Waals surface area contributed by atoms with E-state index in [1.165, 1.54) is 47.9 Å². The minimum Gasteiger partial charge on any atom is -0.118 e. The number of aryl methyl sites for hydroxylation is 1. The normalized spacial score (nSPS) is 14.3. The minimum absolute atomic E-state index is 0.0899. The van der Waals surface area contributed by atoms with Gasteiger partial charge in [0.1, 0.15) is 0 Å². The Morgan fingerprint density at radius 3 is 2.00 bits per heavy atom. The van der Waals surface area contributed by atoms with Crippen molar-refractivity contribution in [2.75, 3.05) is 0 Å². The van der Waals surface area contributed by atoms with E-state index in [4.69, 9.17) is 23.2 Å². The molecule has 1 aromatic carbocycles. The van der Waals surface area contributed by atoms with Crippen molar-refractivity contribution in [3.63, 3.8) is 0 Å². The predicted octanol–water partition coefficient (Wildman–Crippen LogP) is 7.24. The van der Waals surface area contributed by atoms with Crippen molar-refractivity contribution in [1.29, 1.82) is 0 Å². The SMILES string of the molecule is CCCCC(Cl)c1ccc(C)c(C)c1C(Cl)CCCC. The number of rotatable bonds is 8. The molecule has 20 heavy (non-hydrogen) atoms.